The molecule has 0 fully saturated rings. The highest BCUT2D eigenvalue weighted by atomic mass is 35.5. The van der Waals surface area contributed by atoms with Gasteiger partial charge in [-0.25, -0.2) is 0 Å². The molecule has 0 aliphatic carbocycles. The first-order valence-corrected chi connectivity index (χ1v) is 14.7. The fourth-order valence-corrected chi connectivity index (χ4v) is 6.36. The highest BCUT2D eigenvalue weighted by molar-refractivity contribution is 6.69. The average Bonchev–Trinajstić information content (AvgIpc) is 2.07. The fourth-order valence-electron chi connectivity index (χ4n) is 1.23. The molecule has 0 spiro atoms. The van der Waals surface area contributed by atoms with Crippen molar-refractivity contribution in [2.45, 2.75) is 49.3 Å². The van der Waals surface area contributed by atoms with Gasteiger partial charge in [0.25, 0.3) is 0 Å². The maximum Gasteiger partial charge on any atom is 0.183 e. The molecular formula is C9H24Cl2O2Si3. The van der Waals surface area contributed by atoms with E-state index >= 15 is 0 Å². The van der Waals surface area contributed by atoms with Crippen LogP contribution in [0, 0.1) is 0 Å². The van der Waals surface area contributed by atoms with Gasteiger partial charge in [0, 0.05) is 0 Å². The zero-order valence-corrected chi connectivity index (χ0v) is 16.0. The lowest BCUT2D eigenvalue weighted by Gasteiger charge is -2.25. The third kappa shape index (κ3) is 11.6. The first-order valence-electron chi connectivity index (χ1n) is 5.78. The molecule has 7 heteroatoms. The van der Waals surface area contributed by atoms with E-state index in [4.69, 9.17) is 32.1 Å². The molecule has 0 saturated heterocycles. The van der Waals surface area contributed by atoms with E-state index in [0.717, 1.165) is 12.7 Å². The largest absolute Gasteiger partial charge is 0.419 e. The summed E-state index contributed by atoms with van der Waals surface area (Å²) in [5, 5.41) is 0. The minimum Gasteiger partial charge on any atom is -0.419 e. The Bertz CT molecular complexity index is 186. The molecule has 0 saturated carbocycles. The van der Waals surface area contributed by atoms with Crippen molar-refractivity contribution in [3.8, 4) is 0 Å². The van der Waals surface area contributed by atoms with Crippen LogP contribution in [0.1, 0.15) is 0 Å². The van der Waals surface area contributed by atoms with Crippen molar-refractivity contribution < 1.29 is 8.85 Å². The van der Waals surface area contributed by atoms with Crippen molar-refractivity contribution in [2.75, 3.05) is 6.61 Å². The number of halogens is 2. The van der Waals surface area contributed by atoms with Crippen LogP contribution in [0.4, 0.5) is 0 Å². The zero-order chi connectivity index (χ0) is 12.8. The third-order valence-electron chi connectivity index (χ3n) is 1.87. The summed E-state index contributed by atoms with van der Waals surface area (Å²) in [6.45, 7) is 11.7. The third-order valence-corrected chi connectivity index (χ3v) is 7.37. The Balaban J connectivity index is 4.00. The quantitative estimate of drug-likeness (QED) is 0.506. The van der Waals surface area contributed by atoms with Crippen LogP contribution in [-0.2, 0) is 8.85 Å². The van der Waals surface area contributed by atoms with Crippen LogP contribution >= 0.6 is 23.2 Å². The molecule has 0 aromatic carbocycles. The Labute approximate surface area is 115 Å². The summed E-state index contributed by atoms with van der Waals surface area (Å²) < 4.78 is 11.9. The van der Waals surface area contributed by atoms with Gasteiger partial charge in [0.15, 0.2) is 17.4 Å². The van der Waals surface area contributed by atoms with Gasteiger partial charge < -0.3 is 8.85 Å². The van der Waals surface area contributed by atoms with Crippen molar-refractivity contribution >= 4 is 50.1 Å². The minimum atomic E-state index is -1.44. The van der Waals surface area contributed by atoms with E-state index in [2.05, 4.69) is 32.7 Å². The number of alkyl halides is 2. The Kier molecular flexibility index (Phi) is 8.88. The summed E-state index contributed by atoms with van der Waals surface area (Å²) in [4.78, 5) is -0.238. The molecule has 2 nitrogen and oxygen atoms in total. The van der Waals surface area contributed by atoms with Crippen LogP contribution in [-0.4, -0.2) is 44.0 Å². The van der Waals surface area contributed by atoms with E-state index in [1.54, 1.807) is 0 Å². The van der Waals surface area contributed by atoms with Gasteiger partial charge in [0.05, 0.1) is 21.9 Å². The summed E-state index contributed by atoms with van der Waals surface area (Å²) in [5.41, 5.74) is 0.304. The zero-order valence-electron chi connectivity index (χ0n) is 10.9. The normalized spacial score (nSPS) is 15.6. The van der Waals surface area contributed by atoms with E-state index < -0.39 is 17.4 Å². The molecule has 0 N–H and O–H groups in total. The Morgan fingerprint density at radius 1 is 1.25 bits per heavy atom. The number of rotatable bonds is 8. The lowest BCUT2D eigenvalue weighted by atomic mass is 10.8. The van der Waals surface area contributed by atoms with Gasteiger partial charge in [-0.2, -0.15) is 0 Å². The van der Waals surface area contributed by atoms with Gasteiger partial charge in [-0.15, -0.1) is 23.2 Å². The summed E-state index contributed by atoms with van der Waals surface area (Å²) in [7, 11) is -2.82. The minimum absolute atomic E-state index is 0.238. The highest BCUT2D eigenvalue weighted by Crippen LogP contribution is 2.11. The summed E-state index contributed by atoms with van der Waals surface area (Å²) in [6, 6.07) is 0.907. The topological polar surface area (TPSA) is 18.5 Å². The van der Waals surface area contributed by atoms with Crippen LogP contribution in [0.15, 0.2) is 0 Å². The lowest BCUT2D eigenvalue weighted by Crippen LogP contribution is -2.37. The first-order chi connectivity index (χ1) is 7.20. The highest BCUT2D eigenvalue weighted by Gasteiger charge is 2.19. The number of hydrogen-bond acceptors (Lipinski definition) is 2. The summed E-state index contributed by atoms with van der Waals surface area (Å²) in [5.74, 6) is 0. The molecule has 16 heavy (non-hydrogen) atoms. The van der Waals surface area contributed by atoms with E-state index in [0.29, 0.717) is 5.73 Å². The molecule has 0 aromatic heterocycles. The maximum atomic E-state index is 5.98. The molecule has 0 heterocycles. The van der Waals surface area contributed by atoms with Crippen LogP contribution in [0.2, 0.25) is 38.8 Å². The van der Waals surface area contributed by atoms with Crippen LogP contribution in [0.3, 0.4) is 0 Å². The van der Waals surface area contributed by atoms with Crippen LogP contribution in [0.5, 0.6) is 0 Å². The predicted octanol–water partition coefficient (Wildman–Crippen LogP) is 2.55. The SMILES string of the molecule is C[SiH](C)OC(CO[Si](C)(C)C)[SiH2]CC(Cl)Cl. The van der Waals surface area contributed by atoms with Gasteiger partial charge in [0.1, 0.15) is 4.84 Å². The average molecular weight is 319 g/mol. The van der Waals surface area contributed by atoms with Gasteiger partial charge in [-0.1, -0.05) is 0 Å². The Morgan fingerprint density at radius 3 is 2.19 bits per heavy atom. The molecule has 0 rings (SSSR count). The van der Waals surface area contributed by atoms with Crippen molar-refractivity contribution in [2.24, 2.45) is 0 Å². The molecule has 1 unspecified atom stereocenters. The second kappa shape index (κ2) is 8.29. The summed E-state index contributed by atoms with van der Waals surface area (Å²) in [6.07, 6.45) is 0. The molecule has 0 radical (unpaired) electrons. The smallest absolute Gasteiger partial charge is 0.183 e. The van der Waals surface area contributed by atoms with E-state index in [-0.39, 0.29) is 14.4 Å². The fraction of sp³-hybridized carbons (Fsp3) is 1.00. The molecule has 0 amide bonds. The molecule has 0 bridgehead atoms. The second-order valence-electron chi connectivity index (χ2n) is 5.20. The number of hydrogen-bond donors (Lipinski definition) is 0. The van der Waals surface area contributed by atoms with Gasteiger partial charge in [-0.05, 0) is 38.8 Å². The van der Waals surface area contributed by atoms with Crippen molar-refractivity contribution in [1.82, 2.24) is 0 Å². The second-order valence-corrected chi connectivity index (χ2v) is 15.4. The van der Waals surface area contributed by atoms with Crippen LogP contribution in [0.25, 0.3) is 0 Å². The van der Waals surface area contributed by atoms with Crippen LogP contribution < -0.4 is 0 Å². The summed E-state index contributed by atoms with van der Waals surface area (Å²) >= 11 is 11.5. The van der Waals surface area contributed by atoms with Gasteiger partial charge in [-0.3, -0.25) is 0 Å². The molecule has 0 aromatic rings. The van der Waals surface area contributed by atoms with Crippen molar-refractivity contribution in [1.29, 1.82) is 0 Å². The monoisotopic (exact) mass is 318 g/mol. The maximum absolute atomic E-state index is 5.98. The van der Waals surface area contributed by atoms with E-state index in [1.807, 2.05) is 0 Å². The molecular weight excluding hydrogens is 295 g/mol. The van der Waals surface area contributed by atoms with Gasteiger partial charge >= 0.3 is 0 Å². The Hall–Kier alpha value is 1.15. The van der Waals surface area contributed by atoms with Gasteiger partial charge in [0.2, 0.25) is 0 Å². The molecule has 0 aliphatic heterocycles. The standard InChI is InChI=1S/C9H24Cl2O2Si3/c1-15(2)13-9(14-7-8(10)11)6-12-16(3,4)5/h8-9,15H,6-7,14H2,1-5H3. The lowest BCUT2D eigenvalue weighted by molar-refractivity contribution is 0.181. The van der Waals surface area contributed by atoms with E-state index in [9.17, 15) is 0 Å². The molecule has 0 aliphatic rings. The van der Waals surface area contributed by atoms with E-state index in [1.165, 1.54) is 0 Å². The van der Waals surface area contributed by atoms with Crippen molar-refractivity contribution in [3.63, 3.8) is 0 Å². The Morgan fingerprint density at radius 2 is 1.81 bits per heavy atom. The van der Waals surface area contributed by atoms with Crippen molar-refractivity contribution in [3.05, 3.63) is 0 Å². The molecule has 98 valence electrons. The predicted molar refractivity (Wildman–Crippen MR) is 81.9 cm³/mol. The molecule has 1 atom stereocenters. The first kappa shape index (κ1) is 17.2.